The fraction of sp³-hybridized carbons (Fsp3) is 0.0769. The number of carbonyl (C=O) groups is 1. The van der Waals surface area contributed by atoms with E-state index in [0.29, 0.717) is 12.1 Å². The van der Waals surface area contributed by atoms with Gasteiger partial charge < -0.3 is 5.11 Å². The van der Waals surface area contributed by atoms with Crippen molar-refractivity contribution in [1.29, 1.82) is 0 Å². The Kier molecular flexibility index (Phi) is 3.44. The van der Waals surface area contributed by atoms with Crippen LogP contribution < -0.4 is 0 Å². The average Bonchev–Trinajstić information content (AvgIpc) is 2.38. The Morgan fingerprint density at radius 1 is 1.20 bits per heavy atom. The lowest BCUT2D eigenvalue weighted by Gasteiger charge is -2.11. The van der Waals surface area contributed by atoms with Gasteiger partial charge in [0.1, 0.15) is 5.82 Å². The topological polar surface area (TPSA) is 50.2 Å². The molecule has 0 unspecified atom stereocenters. The van der Waals surface area contributed by atoms with Gasteiger partial charge in [0.15, 0.2) is 0 Å². The van der Waals surface area contributed by atoms with Crippen LogP contribution in [0.15, 0.2) is 36.5 Å². The minimum absolute atomic E-state index is 0.114. The highest BCUT2D eigenvalue weighted by atomic mass is 19.4. The zero-order valence-corrected chi connectivity index (χ0v) is 9.78. The molecule has 0 saturated carbocycles. The van der Waals surface area contributed by atoms with Crippen molar-refractivity contribution in [3.8, 4) is 11.3 Å². The second kappa shape index (κ2) is 4.92. The molecular formula is C13H7F4NO2. The van der Waals surface area contributed by atoms with Crippen LogP contribution in [0, 0.1) is 5.82 Å². The smallest absolute Gasteiger partial charge is 0.419 e. The second-order valence-corrected chi connectivity index (χ2v) is 3.90. The molecule has 0 saturated heterocycles. The molecule has 0 amide bonds. The van der Waals surface area contributed by atoms with Crippen LogP contribution in [0.25, 0.3) is 11.3 Å². The zero-order valence-electron chi connectivity index (χ0n) is 9.78. The molecule has 0 spiro atoms. The summed E-state index contributed by atoms with van der Waals surface area (Å²) in [6.07, 6.45) is -3.61. The maximum absolute atomic E-state index is 13.2. The van der Waals surface area contributed by atoms with E-state index in [1.54, 1.807) is 0 Å². The van der Waals surface area contributed by atoms with Crippen LogP contribution >= 0.6 is 0 Å². The fourth-order valence-electron chi connectivity index (χ4n) is 1.70. The van der Waals surface area contributed by atoms with Gasteiger partial charge in [0.25, 0.3) is 0 Å². The van der Waals surface area contributed by atoms with Crippen LogP contribution in [0.4, 0.5) is 17.6 Å². The molecule has 1 aromatic heterocycles. The minimum Gasteiger partial charge on any atom is -0.478 e. The molecule has 7 heteroatoms. The van der Waals surface area contributed by atoms with Crippen LogP contribution in [0.3, 0.4) is 0 Å². The maximum Gasteiger partial charge on any atom is 0.419 e. The van der Waals surface area contributed by atoms with Crippen LogP contribution in [-0.2, 0) is 6.18 Å². The summed E-state index contributed by atoms with van der Waals surface area (Å²) in [6.45, 7) is 0. The first-order valence-electron chi connectivity index (χ1n) is 5.36. The second-order valence-electron chi connectivity index (χ2n) is 3.90. The molecule has 0 bridgehead atoms. The number of carboxylic acids is 1. The van der Waals surface area contributed by atoms with Gasteiger partial charge in [-0.2, -0.15) is 13.2 Å². The molecule has 20 heavy (non-hydrogen) atoms. The number of hydrogen-bond acceptors (Lipinski definition) is 2. The lowest BCUT2D eigenvalue weighted by atomic mass is 10.0. The Bertz CT molecular complexity index is 668. The highest BCUT2D eigenvalue weighted by Crippen LogP contribution is 2.34. The normalized spacial score (nSPS) is 11.4. The lowest BCUT2D eigenvalue weighted by Crippen LogP contribution is -2.09. The Morgan fingerprint density at radius 2 is 1.90 bits per heavy atom. The maximum atomic E-state index is 13.2. The number of carboxylic acid groups (broad SMARTS) is 1. The average molecular weight is 285 g/mol. The van der Waals surface area contributed by atoms with Crippen molar-refractivity contribution in [3.63, 3.8) is 0 Å². The molecule has 0 aliphatic carbocycles. The molecule has 1 N–H and O–H groups in total. The zero-order chi connectivity index (χ0) is 14.9. The summed E-state index contributed by atoms with van der Waals surface area (Å²) in [5.41, 5.74) is -1.98. The number of alkyl halides is 3. The van der Waals surface area contributed by atoms with E-state index in [1.165, 1.54) is 18.3 Å². The van der Waals surface area contributed by atoms with Crippen LogP contribution in [0.2, 0.25) is 0 Å². The van der Waals surface area contributed by atoms with E-state index >= 15 is 0 Å². The SMILES string of the molecule is O=C(O)c1cccnc1-c1ccc(F)c(C(F)(F)F)c1. The third-order valence-corrected chi connectivity index (χ3v) is 2.58. The van der Waals surface area contributed by atoms with E-state index in [4.69, 9.17) is 5.11 Å². The molecule has 1 heterocycles. The van der Waals surface area contributed by atoms with Gasteiger partial charge in [-0.3, -0.25) is 4.98 Å². The quantitative estimate of drug-likeness (QED) is 0.858. The number of aromatic carboxylic acids is 1. The Labute approximate surface area is 110 Å². The van der Waals surface area contributed by atoms with E-state index in [0.717, 1.165) is 6.07 Å². The summed E-state index contributed by atoms with van der Waals surface area (Å²) in [4.78, 5) is 14.8. The van der Waals surface area contributed by atoms with Gasteiger partial charge in [0, 0.05) is 11.8 Å². The van der Waals surface area contributed by atoms with Gasteiger partial charge in [0.05, 0.1) is 16.8 Å². The van der Waals surface area contributed by atoms with Crippen LogP contribution in [0.1, 0.15) is 15.9 Å². The number of rotatable bonds is 2. The summed E-state index contributed by atoms with van der Waals surface area (Å²) in [5, 5.41) is 8.97. The van der Waals surface area contributed by atoms with Crippen molar-refractivity contribution in [3.05, 3.63) is 53.5 Å². The van der Waals surface area contributed by atoms with Crippen molar-refractivity contribution in [2.45, 2.75) is 6.18 Å². The number of nitrogens with zero attached hydrogens (tertiary/aromatic N) is 1. The van der Waals surface area contributed by atoms with Gasteiger partial charge in [0.2, 0.25) is 0 Å². The van der Waals surface area contributed by atoms with E-state index in [9.17, 15) is 22.4 Å². The number of aromatic nitrogens is 1. The van der Waals surface area contributed by atoms with Crippen molar-refractivity contribution in [1.82, 2.24) is 4.98 Å². The number of hydrogen-bond donors (Lipinski definition) is 1. The van der Waals surface area contributed by atoms with Gasteiger partial charge in [-0.15, -0.1) is 0 Å². The van der Waals surface area contributed by atoms with E-state index in [2.05, 4.69) is 4.98 Å². The van der Waals surface area contributed by atoms with E-state index in [-0.39, 0.29) is 16.8 Å². The van der Waals surface area contributed by atoms with Crippen LogP contribution in [0.5, 0.6) is 0 Å². The van der Waals surface area contributed by atoms with Gasteiger partial charge in [-0.05, 0) is 30.3 Å². The van der Waals surface area contributed by atoms with Crippen molar-refractivity contribution < 1.29 is 27.5 Å². The molecule has 0 radical (unpaired) electrons. The molecule has 1 aromatic carbocycles. The highest BCUT2D eigenvalue weighted by molar-refractivity contribution is 5.94. The number of pyridine rings is 1. The van der Waals surface area contributed by atoms with Gasteiger partial charge >= 0.3 is 12.1 Å². The molecule has 104 valence electrons. The monoisotopic (exact) mass is 285 g/mol. The molecule has 0 fully saturated rings. The Hall–Kier alpha value is -2.44. The molecule has 0 atom stereocenters. The molecule has 2 rings (SSSR count). The predicted octanol–water partition coefficient (Wildman–Crippen LogP) is 3.60. The van der Waals surface area contributed by atoms with Crippen molar-refractivity contribution >= 4 is 5.97 Å². The Balaban J connectivity index is 2.63. The summed E-state index contributed by atoms with van der Waals surface area (Å²) < 4.78 is 51.1. The van der Waals surface area contributed by atoms with Gasteiger partial charge in [-0.1, -0.05) is 0 Å². The molecule has 3 nitrogen and oxygen atoms in total. The fourth-order valence-corrected chi connectivity index (χ4v) is 1.70. The predicted molar refractivity (Wildman–Crippen MR) is 61.6 cm³/mol. The Morgan fingerprint density at radius 3 is 2.50 bits per heavy atom. The first-order chi connectivity index (χ1) is 9.30. The first-order valence-corrected chi connectivity index (χ1v) is 5.36. The van der Waals surface area contributed by atoms with Crippen molar-refractivity contribution in [2.75, 3.05) is 0 Å². The number of benzene rings is 1. The molecular weight excluding hydrogens is 278 g/mol. The summed E-state index contributed by atoms with van der Waals surface area (Å²) in [6, 6.07) is 4.80. The van der Waals surface area contributed by atoms with Crippen molar-refractivity contribution in [2.24, 2.45) is 0 Å². The van der Waals surface area contributed by atoms with Gasteiger partial charge in [-0.25, -0.2) is 9.18 Å². The largest absolute Gasteiger partial charge is 0.478 e. The lowest BCUT2D eigenvalue weighted by molar-refractivity contribution is -0.139. The molecule has 0 aliphatic rings. The first kappa shape index (κ1) is 14.0. The summed E-state index contributed by atoms with van der Waals surface area (Å²) in [7, 11) is 0. The van der Waals surface area contributed by atoms with E-state index < -0.39 is 23.5 Å². The summed E-state index contributed by atoms with van der Waals surface area (Å²) >= 11 is 0. The van der Waals surface area contributed by atoms with E-state index in [1.807, 2.05) is 0 Å². The van der Waals surface area contributed by atoms with Crippen LogP contribution in [-0.4, -0.2) is 16.1 Å². The minimum atomic E-state index is -4.86. The standard InChI is InChI=1S/C13H7F4NO2/c14-10-4-3-7(6-9(10)13(15,16)17)11-8(12(19)20)2-1-5-18-11/h1-6H,(H,19,20). The third kappa shape index (κ3) is 2.61. The highest BCUT2D eigenvalue weighted by Gasteiger charge is 2.34. The molecule has 2 aromatic rings. The molecule has 0 aliphatic heterocycles. The summed E-state index contributed by atoms with van der Waals surface area (Å²) in [5.74, 6) is -2.75. The third-order valence-electron chi connectivity index (χ3n) is 2.58. The number of halogens is 4.